The molecule has 0 unspecified atom stereocenters. The second-order valence-electron chi connectivity index (χ2n) is 3.63. The van der Waals surface area contributed by atoms with E-state index in [1.54, 1.807) is 0 Å². The fraction of sp³-hybridized carbons (Fsp3) is 0.400. The lowest BCUT2D eigenvalue weighted by Gasteiger charge is -2.15. The summed E-state index contributed by atoms with van der Waals surface area (Å²) in [5, 5.41) is 10.4. The van der Waals surface area contributed by atoms with Crippen molar-refractivity contribution < 1.29 is 18.1 Å². The Morgan fingerprint density at radius 1 is 1.47 bits per heavy atom. The van der Waals surface area contributed by atoms with Gasteiger partial charge in [-0.1, -0.05) is 6.07 Å². The van der Waals surface area contributed by atoms with Crippen molar-refractivity contribution in [2.24, 2.45) is 0 Å². The molecule has 0 spiro atoms. The van der Waals surface area contributed by atoms with Crippen LogP contribution in [0.15, 0.2) is 18.2 Å². The third-order valence-corrected chi connectivity index (χ3v) is 2.11. The van der Waals surface area contributed by atoms with Gasteiger partial charge in [-0.2, -0.15) is 4.39 Å². The van der Waals surface area contributed by atoms with Crippen LogP contribution in [0.3, 0.4) is 0 Å². The Balaban J connectivity index is 2.74. The second kappa shape index (κ2) is 5.62. The molecule has 1 aromatic carbocycles. The quantitative estimate of drug-likeness (QED) is 0.594. The normalized spacial score (nSPS) is 11.2. The number of rotatable bonds is 5. The van der Waals surface area contributed by atoms with Gasteiger partial charge in [-0.3, -0.25) is 15.0 Å². The molecule has 0 amide bonds. The highest BCUT2D eigenvalue weighted by molar-refractivity contribution is 5.34. The predicted octanol–water partition coefficient (Wildman–Crippen LogP) is 2.43. The van der Waals surface area contributed by atoms with Gasteiger partial charge in [0, 0.05) is 12.6 Å². The van der Waals surface area contributed by atoms with E-state index >= 15 is 0 Å². The Hall–Kier alpha value is -1.63. The van der Waals surface area contributed by atoms with Crippen LogP contribution in [0, 0.1) is 15.9 Å². The van der Waals surface area contributed by atoms with Gasteiger partial charge in [-0.05, 0) is 18.7 Å². The Morgan fingerprint density at radius 2 is 2.12 bits per heavy atom. The highest BCUT2D eigenvalue weighted by atomic mass is 19.3. The van der Waals surface area contributed by atoms with Gasteiger partial charge in [-0.15, -0.1) is 0 Å². The maximum atomic E-state index is 13.2. The van der Waals surface area contributed by atoms with Gasteiger partial charge >= 0.3 is 5.69 Å². The molecule has 0 heterocycles. The fourth-order valence-electron chi connectivity index (χ4n) is 1.41. The predicted molar refractivity (Wildman–Crippen MR) is 55.4 cm³/mol. The van der Waals surface area contributed by atoms with Gasteiger partial charge in [0.05, 0.1) is 11.5 Å². The number of benzene rings is 1. The molecule has 0 atom stereocenters. The van der Waals surface area contributed by atoms with Gasteiger partial charge in [-0.25, -0.2) is 8.78 Å². The summed E-state index contributed by atoms with van der Waals surface area (Å²) in [7, 11) is 1.46. The average Bonchev–Trinajstić information content (AvgIpc) is 2.15. The van der Waals surface area contributed by atoms with E-state index in [9.17, 15) is 23.3 Å². The smallest absolute Gasteiger partial charge is 0.297 e. The third kappa shape index (κ3) is 4.03. The number of hydrogen-bond donors (Lipinski definition) is 0. The van der Waals surface area contributed by atoms with Crippen LogP contribution >= 0.6 is 0 Å². The zero-order chi connectivity index (χ0) is 13.0. The summed E-state index contributed by atoms with van der Waals surface area (Å²) in [4.78, 5) is 10.8. The maximum absolute atomic E-state index is 13.2. The molecule has 0 radical (unpaired) electrons. The van der Waals surface area contributed by atoms with Crippen LogP contribution in [-0.2, 0) is 6.54 Å². The highest BCUT2D eigenvalue weighted by Gasteiger charge is 2.15. The van der Waals surface area contributed by atoms with Crippen LogP contribution in [0.25, 0.3) is 0 Å². The summed E-state index contributed by atoms with van der Waals surface area (Å²) >= 11 is 0. The molecule has 17 heavy (non-hydrogen) atoms. The van der Waals surface area contributed by atoms with E-state index in [1.807, 2.05) is 0 Å². The minimum absolute atomic E-state index is 0.110. The lowest BCUT2D eigenvalue weighted by molar-refractivity contribution is -0.387. The summed E-state index contributed by atoms with van der Waals surface area (Å²) in [5.74, 6) is -0.960. The van der Waals surface area contributed by atoms with Crippen molar-refractivity contribution in [2.45, 2.75) is 13.0 Å². The first-order valence-electron chi connectivity index (χ1n) is 4.79. The van der Waals surface area contributed by atoms with E-state index in [4.69, 9.17) is 0 Å². The largest absolute Gasteiger partial charge is 0.304 e. The van der Waals surface area contributed by atoms with Crippen LogP contribution in [0.5, 0.6) is 0 Å². The summed E-state index contributed by atoms with van der Waals surface area (Å²) in [5.41, 5.74) is -0.207. The molecule has 0 aliphatic rings. The van der Waals surface area contributed by atoms with Crippen LogP contribution in [-0.4, -0.2) is 29.8 Å². The third-order valence-electron chi connectivity index (χ3n) is 2.11. The first-order chi connectivity index (χ1) is 7.90. The molecule has 0 N–H and O–H groups in total. The molecule has 1 rings (SSSR count). The van der Waals surface area contributed by atoms with Gasteiger partial charge < -0.3 is 0 Å². The molecule has 0 fully saturated rings. The van der Waals surface area contributed by atoms with E-state index in [1.165, 1.54) is 18.0 Å². The lowest BCUT2D eigenvalue weighted by atomic mass is 10.2. The number of nitrogens with zero attached hydrogens (tertiary/aromatic N) is 2. The van der Waals surface area contributed by atoms with Crippen molar-refractivity contribution >= 4 is 5.69 Å². The van der Waals surface area contributed by atoms with Crippen LogP contribution in [0.2, 0.25) is 0 Å². The molecule has 0 saturated carbocycles. The fourth-order valence-corrected chi connectivity index (χ4v) is 1.41. The minimum atomic E-state index is -2.47. The van der Waals surface area contributed by atoms with E-state index in [2.05, 4.69) is 0 Å². The molecule has 1 aromatic rings. The van der Waals surface area contributed by atoms with E-state index in [0.717, 1.165) is 12.1 Å². The van der Waals surface area contributed by atoms with Crippen molar-refractivity contribution in [1.29, 1.82) is 0 Å². The van der Waals surface area contributed by atoms with Gasteiger partial charge in [0.1, 0.15) is 0 Å². The van der Waals surface area contributed by atoms with Gasteiger partial charge in [0.15, 0.2) is 0 Å². The van der Waals surface area contributed by atoms with Crippen molar-refractivity contribution in [1.82, 2.24) is 4.90 Å². The lowest BCUT2D eigenvalue weighted by Crippen LogP contribution is -2.24. The summed E-state index contributed by atoms with van der Waals surface area (Å²) < 4.78 is 37.3. The second-order valence-corrected chi connectivity index (χ2v) is 3.63. The highest BCUT2D eigenvalue weighted by Crippen LogP contribution is 2.18. The number of alkyl halides is 2. The molecular formula is C10H11F3N2O2. The first kappa shape index (κ1) is 13.4. The molecule has 4 nitrogen and oxygen atoms in total. The summed E-state index contributed by atoms with van der Waals surface area (Å²) in [6, 6.07) is 3.37. The Bertz CT molecular complexity index is 413. The summed E-state index contributed by atoms with van der Waals surface area (Å²) in [6.45, 7) is -0.322. The number of nitro benzene ring substituents is 1. The molecule has 0 bridgehead atoms. The summed E-state index contributed by atoms with van der Waals surface area (Å²) in [6.07, 6.45) is -2.47. The Labute approximate surface area is 95.8 Å². The Kier molecular flexibility index (Phi) is 4.45. The molecule has 0 aliphatic heterocycles. The van der Waals surface area contributed by atoms with Crippen LogP contribution < -0.4 is 0 Å². The average molecular weight is 248 g/mol. The zero-order valence-electron chi connectivity index (χ0n) is 9.07. The van der Waals surface area contributed by atoms with Crippen LogP contribution in [0.1, 0.15) is 5.56 Å². The van der Waals surface area contributed by atoms with Gasteiger partial charge in [0.2, 0.25) is 5.82 Å². The molecular weight excluding hydrogens is 237 g/mol. The molecule has 0 aromatic heterocycles. The monoisotopic (exact) mass is 248 g/mol. The van der Waals surface area contributed by atoms with Crippen molar-refractivity contribution in [3.63, 3.8) is 0 Å². The SMILES string of the molecule is CN(Cc1ccc([N+](=O)[O-])c(F)c1)CC(F)F. The maximum Gasteiger partial charge on any atom is 0.304 e. The first-order valence-corrected chi connectivity index (χ1v) is 4.79. The van der Waals surface area contributed by atoms with Crippen molar-refractivity contribution in [2.75, 3.05) is 13.6 Å². The zero-order valence-corrected chi connectivity index (χ0v) is 9.07. The van der Waals surface area contributed by atoms with Gasteiger partial charge in [0.25, 0.3) is 6.43 Å². The standard InChI is InChI=1S/C10H11F3N2O2/c1-14(6-10(12)13)5-7-2-3-9(15(16)17)8(11)4-7/h2-4,10H,5-6H2,1H3. The van der Waals surface area contributed by atoms with Crippen LogP contribution in [0.4, 0.5) is 18.9 Å². The van der Waals surface area contributed by atoms with E-state index < -0.39 is 29.4 Å². The topological polar surface area (TPSA) is 46.4 Å². The number of nitro groups is 1. The number of halogens is 3. The van der Waals surface area contributed by atoms with Crippen molar-refractivity contribution in [3.8, 4) is 0 Å². The van der Waals surface area contributed by atoms with E-state index in [-0.39, 0.29) is 6.54 Å². The number of hydrogen-bond acceptors (Lipinski definition) is 3. The molecule has 94 valence electrons. The molecule has 7 heteroatoms. The van der Waals surface area contributed by atoms with E-state index in [0.29, 0.717) is 5.56 Å². The Morgan fingerprint density at radius 3 is 2.59 bits per heavy atom. The van der Waals surface area contributed by atoms with Crippen molar-refractivity contribution in [3.05, 3.63) is 39.7 Å². The molecule has 0 saturated heterocycles. The minimum Gasteiger partial charge on any atom is -0.297 e. The molecule has 0 aliphatic carbocycles.